The molecule has 4 nitrogen and oxygen atoms in total. The van der Waals surface area contributed by atoms with Crippen LogP contribution >= 0.6 is 0 Å². The van der Waals surface area contributed by atoms with E-state index in [4.69, 9.17) is 0 Å². The molecule has 0 amide bonds. The molecule has 0 heterocycles. The molecule has 0 bridgehead atoms. The van der Waals surface area contributed by atoms with E-state index < -0.39 is 24.4 Å². The molecule has 0 atom stereocenters. The molecule has 0 unspecified atom stereocenters. The summed E-state index contributed by atoms with van der Waals surface area (Å²) in [6.45, 7) is 14.7. The molecule has 112 valence electrons. The number of rotatable bonds is 0. The van der Waals surface area contributed by atoms with Gasteiger partial charge in [-0.2, -0.15) is 0 Å². The van der Waals surface area contributed by atoms with E-state index in [1.807, 2.05) is 0 Å². The second kappa shape index (κ2) is 36.7. The summed E-state index contributed by atoms with van der Waals surface area (Å²) >= 11 is 0. The van der Waals surface area contributed by atoms with Crippen molar-refractivity contribution in [1.82, 2.24) is 0 Å². The SMILES string of the molecule is CC(C)[O-].CC(C)[O-].CC(C)[O-].CC(C)[O-].C[Si+3].[K+]. The van der Waals surface area contributed by atoms with Gasteiger partial charge in [-0.1, -0.05) is 55.4 Å². The first-order valence-corrected chi connectivity index (χ1v) is 7.06. The van der Waals surface area contributed by atoms with E-state index in [2.05, 4.69) is 10.2 Å². The molecule has 0 rings (SSSR count). The molecular formula is C13H31KO4Si. The van der Waals surface area contributed by atoms with Crippen molar-refractivity contribution in [2.75, 3.05) is 0 Å². The van der Waals surface area contributed by atoms with Crippen molar-refractivity contribution in [2.24, 2.45) is 0 Å². The standard InChI is InChI=1S/4C3H7O.CH3Si.K/c4*1-3(2)4;1-2;/h4*3H,1-2H3;1H3;/q4*-1;+3;+1. The molecule has 6 heteroatoms. The summed E-state index contributed by atoms with van der Waals surface area (Å²) in [6, 6.07) is 0. The quantitative estimate of drug-likeness (QED) is 0.429. The molecule has 0 N–H and O–H groups in total. The molecule has 0 radical (unpaired) electrons. The molecule has 0 aliphatic carbocycles. The van der Waals surface area contributed by atoms with Gasteiger partial charge in [0.15, 0.2) is 0 Å². The zero-order valence-electron chi connectivity index (χ0n) is 14.4. The molecule has 0 fully saturated rings. The maximum absolute atomic E-state index is 9.53. The van der Waals surface area contributed by atoms with Gasteiger partial charge in [0.05, 0.1) is 0 Å². The van der Waals surface area contributed by atoms with Crippen LogP contribution in [0.3, 0.4) is 0 Å². The van der Waals surface area contributed by atoms with Crippen LogP contribution in [0.2, 0.25) is 6.55 Å². The van der Waals surface area contributed by atoms with Crippen LogP contribution < -0.4 is 71.8 Å². The fourth-order valence-electron chi connectivity index (χ4n) is 0. The maximum Gasteiger partial charge on any atom is 1.00 e. The molecule has 0 aromatic heterocycles. The van der Waals surface area contributed by atoms with Gasteiger partial charge in [0.2, 0.25) is 0 Å². The molecule has 19 heavy (non-hydrogen) atoms. The first-order valence-electron chi connectivity index (χ1n) is 6.06. The van der Waals surface area contributed by atoms with Crippen molar-refractivity contribution in [1.29, 1.82) is 0 Å². The van der Waals surface area contributed by atoms with Gasteiger partial charge in [-0.15, -0.1) is 24.4 Å². The van der Waals surface area contributed by atoms with Crippen LogP contribution in [-0.2, 0) is 0 Å². The van der Waals surface area contributed by atoms with E-state index >= 15 is 0 Å². The monoisotopic (exact) mass is 318 g/mol. The Hall–Kier alpha value is 1.69. The molecule has 0 aromatic rings. The Labute approximate surface area is 166 Å². The second-order valence-electron chi connectivity index (χ2n) is 4.20. The smallest absolute Gasteiger partial charge is 1.00 e. The minimum atomic E-state index is -0.417. The summed E-state index contributed by atoms with van der Waals surface area (Å²) in [4.78, 5) is 0. The van der Waals surface area contributed by atoms with Gasteiger partial charge in [-0.05, 0) is 0 Å². The van der Waals surface area contributed by atoms with Crippen molar-refractivity contribution in [3.05, 3.63) is 0 Å². The van der Waals surface area contributed by atoms with Crippen LogP contribution in [-0.4, -0.2) is 34.7 Å². The van der Waals surface area contributed by atoms with Gasteiger partial charge >= 0.3 is 68.2 Å². The minimum Gasteiger partial charge on any atom is 1.00 e. The summed E-state index contributed by atoms with van der Waals surface area (Å²) < 4.78 is 0. The van der Waals surface area contributed by atoms with Gasteiger partial charge in [-0.25, -0.2) is 0 Å². The third-order valence-corrected chi connectivity index (χ3v) is 0. The Morgan fingerprint density at radius 1 is 0.474 bits per heavy atom. The fourth-order valence-corrected chi connectivity index (χ4v) is 0. The van der Waals surface area contributed by atoms with Crippen molar-refractivity contribution < 1.29 is 71.8 Å². The summed E-state index contributed by atoms with van der Waals surface area (Å²) in [5.74, 6) is 0. The first-order chi connectivity index (χ1) is 7.93. The predicted octanol–water partition coefficient (Wildman–Crippen LogP) is -3.77. The van der Waals surface area contributed by atoms with Crippen LogP contribution in [0.4, 0.5) is 0 Å². The minimum absolute atomic E-state index is 0. The average molecular weight is 319 g/mol. The van der Waals surface area contributed by atoms with Crippen LogP contribution in [0.1, 0.15) is 55.4 Å². The van der Waals surface area contributed by atoms with Crippen LogP contribution in [0.15, 0.2) is 0 Å². The molecular weight excluding hydrogens is 287 g/mol. The summed E-state index contributed by atoms with van der Waals surface area (Å²) in [5.41, 5.74) is 0. The van der Waals surface area contributed by atoms with Crippen LogP contribution in [0.5, 0.6) is 0 Å². The Morgan fingerprint density at radius 3 is 0.474 bits per heavy atom. The third kappa shape index (κ3) is 2150. The zero-order valence-corrected chi connectivity index (χ0v) is 18.6. The Bertz CT molecular complexity index is 67.6. The second-order valence-corrected chi connectivity index (χ2v) is 4.20. The van der Waals surface area contributed by atoms with E-state index in [0.29, 0.717) is 0 Å². The topological polar surface area (TPSA) is 92.2 Å². The molecule has 0 aromatic carbocycles. The molecule has 0 aliphatic heterocycles. The Kier molecular flexibility index (Phi) is 71.8. The summed E-state index contributed by atoms with van der Waals surface area (Å²) in [5, 5.41) is 38.1. The first kappa shape index (κ1) is 37.2. The van der Waals surface area contributed by atoms with E-state index in [1.54, 1.807) is 61.9 Å². The molecule has 0 saturated carbocycles. The zero-order chi connectivity index (χ0) is 16.3. The number of hydrogen-bond donors (Lipinski definition) is 0. The Balaban J connectivity index is -0.0000000279. The number of hydrogen-bond acceptors (Lipinski definition) is 4. The molecule has 0 aliphatic rings. The van der Waals surface area contributed by atoms with Crippen LogP contribution in [0, 0.1) is 0 Å². The van der Waals surface area contributed by atoms with Gasteiger partial charge < -0.3 is 20.4 Å². The van der Waals surface area contributed by atoms with Crippen molar-refractivity contribution in [3.8, 4) is 0 Å². The van der Waals surface area contributed by atoms with Gasteiger partial charge in [-0.3, -0.25) is 0 Å². The largest absolute Gasteiger partial charge is 1.00 e. The Morgan fingerprint density at radius 2 is 0.474 bits per heavy atom. The predicted molar refractivity (Wildman–Crippen MR) is 72.2 cm³/mol. The summed E-state index contributed by atoms with van der Waals surface area (Å²) in [6.07, 6.45) is -1.67. The third-order valence-electron chi connectivity index (χ3n) is 0. The van der Waals surface area contributed by atoms with Crippen molar-refractivity contribution >= 4 is 10.2 Å². The van der Waals surface area contributed by atoms with Gasteiger partial charge in [0.25, 0.3) is 0 Å². The van der Waals surface area contributed by atoms with Crippen molar-refractivity contribution in [3.63, 3.8) is 0 Å². The van der Waals surface area contributed by atoms with Crippen molar-refractivity contribution in [2.45, 2.75) is 86.4 Å². The fraction of sp³-hybridized carbons (Fsp3) is 1.00. The normalized spacial score (nSPS) is 7.95. The average Bonchev–Trinajstić information content (AvgIpc) is 2.01. The van der Waals surface area contributed by atoms with Gasteiger partial charge in [0, 0.05) is 0 Å². The van der Waals surface area contributed by atoms with Crippen LogP contribution in [0.25, 0.3) is 0 Å². The van der Waals surface area contributed by atoms with E-state index in [-0.39, 0.29) is 51.4 Å². The maximum atomic E-state index is 9.53. The van der Waals surface area contributed by atoms with Gasteiger partial charge in [0.1, 0.15) is 0 Å². The molecule has 0 spiro atoms. The van der Waals surface area contributed by atoms with E-state index in [9.17, 15) is 20.4 Å². The van der Waals surface area contributed by atoms with E-state index in [0.717, 1.165) is 0 Å². The van der Waals surface area contributed by atoms with E-state index in [1.165, 1.54) is 0 Å². The summed E-state index contributed by atoms with van der Waals surface area (Å²) in [7, 11) is 2.97. The molecule has 0 saturated heterocycles.